The molecule has 0 aliphatic heterocycles. The predicted molar refractivity (Wildman–Crippen MR) is 35.1 cm³/mol. The highest BCUT2D eigenvalue weighted by molar-refractivity contribution is 7.94. The van der Waals surface area contributed by atoms with E-state index in [9.17, 15) is 3.89 Å². The summed E-state index contributed by atoms with van der Waals surface area (Å²) in [5.41, 5.74) is 0. The normalized spacial score (nSPS) is 9.44. The molecule has 3 heteroatoms. The van der Waals surface area contributed by atoms with Crippen LogP contribution in [-0.4, -0.2) is 5.11 Å². The van der Waals surface area contributed by atoms with E-state index < -0.39 is 0 Å². The van der Waals surface area contributed by atoms with Crippen molar-refractivity contribution in [2.45, 2.75) is 4.90 Å². The molecule has 1 rings (SSSR count). The summed E-state index contributed by atoms with van der Waals surface area (Å²) in [6.45, 7) is 0. The molecule has 0 heterocycles. The first kappa shape index (κ1) is 6.42. The van der Waals surface area contributed by atoms with E-state index in [2.05, 4.69) is 0 Å². The SMILES string of the molecule is Oc1cccc(SF)c1. The van der Waals surface area contributed by atoms with Crippen LogP contribution in [0.3, 0.4) is 0 Å². The molecule has 0 aliphatic rings. The molecule has 48 valence electrons. The molecule has 0 saturated heterocycles. The van der Waals surface area contributed by atoms with E-state index in [-0.39, 0.29) is 17.9 Å². The molecule has 0 aliphatic carbocycles. The van der Waals surface area contributed by atoms with Crippen molar-refractivity contribution in [1.29, 1.82) is 0 Å². The van der Waals surface area contributed by atoms with Gasteiger partial charge in [0.2, 0.25) is 0 Å². The summed E-state index contributed by atoms with van der Waals surface area (Å²) in [6, 6.07) is 6.05. The third kappa shape index (κ3) is 1.61. The van der Waals surface area contributed by atoms with E-state index in [0.717, 1.165) is 0 Å². The van der Waals surface area contributed by atoms with Gasteiger partial charge in [0.25, 0.3) is 0 Å². The van der Waals surface area contributed by atoms with Crippen LogP contribution in [0.4, 0.5) is 3.89 Å². The average Bonchev–Trinajstić information content (AvgIpc) is 1.88. The maximum absolute atomic E-state index is 11.7. The largest absolute Gasteiger partial charge is 0.508 e. The zero-order chi connectivity index (χ0) is 6.69. The Bertz CT molecular complexity index is 202. The van der Waals surface area contributed by atoms with Crippen LogP contribution in [-0.2, 0) is 0 Å². The Morgan fingerprint density at radius 3 is 2.67 bits per heavy atom. The van der Waals surface area contributed by atoms with E-state index in [4.69, 9.17) is 5.11 Å². The third-order valence-electron chi connectivity index (χ3n) is 0.907. The van der Waals surface area contributed by atoms with Gasteiger partial charge in [-0.2, -0.15) is 3.89 Å². The van der Waals surface area contributed by atoms with Gasteiger partial charge in [-0.25, -0.2) is 0 Å². The standard InChI is InChI=1S/C6H5FOS/c7-9-6-3-1-2-5(8)4-6/h1-4,8H. The van der Waals surface area contributed by atoms with Gasteiger partial charge in [-0.05, 0) is 18.2 Å². The second-order valence-corrected chi connectivity index (χ2v) is 2.20. The Kier molecular flexibility index (Phi) is 1.95. The number of hydrogen-bond acceptors (Lipinski definition) is 2. The van der Waals surface area contributed by atoms with Crippen molar-refractivity contribution in [3.8, 4) is 5.75 Å². The first-order chi connectivity index (χ1) is 4.33. The number of hydrogen-bond donors (Lipinski definition) is 1. The summed E-state index contributed by atoms with van der Waals surface area (Å²) in [5, 5.41) is 8.76. The monoisotopic (exact) mass is 144 g/mol. The van der Waals surface area contributed by atoms with Gasteiger partial charge in [0.15, 0.2) is 0 Å². The van der Waals surface area contributed by atoms with Crippen LogP contribution < -0.4 is 0 Å². The molecule has 0 bridgehead atoms. The smallest absolute Gasteiger partial charge is 0.116 e. The van der Waals surface area contributed by atoms with Gasteiger partial charge in [-0.1, -0.05) is 6.07 Å². The van der Waals surface area contributed by atoms with Crippen LogP contribution >= 0.6 is 12.1 Å². The van der Waals surface area contributed by atoms with E-state index in [0.29, 0.717) is 4.90 Å². The van der Waals surface area contributed by atoms with Gasteiger partial charge in [0.05, 0.1) is 12.1 Å². The number of phenols is 1. The molecule has 0 atom stereocenters. The van der Waals surface area contributed by atoms with Gasteiger partial charge in [0, 0.05) is 4.90 Å². The summed E-state index contributed by atoms with van der Waals surface area (Å²) in [4.78, 5) is 0.426. The molecule has 0 aromatic heterocycles. The van der Waals surface area contributed by atoms with Crippen molar-refractivity contribution >= 4 is 12.1 Å². The van der Waals surface area contributed by atoms with E-state index >= 15 is 0 Å². The number of rotatable bonds is 1. The van der Waals surface area contributed by atoms with Crippen LogP contribution in [0.2, 0.25) is 0 Å². The number of aromatic hydroxyl groups is 1. The minimum Gasteiger partial charge on any atom is -0.508 e. The Balaban J connectivity index is 2.94. The fraction of sp³-hybridized carbons (Fsp3) is 0. The van der Waals surface area contributed by atoms with Crippen LogP contribution in [0.15, 0.2) is 29.2 Å². The molecule has 0 fully saturated rings. The van der Waals surface area contributed by atoms with Gasteiger partial charge in [-0.15, -0.1) is 0 Å². The fourth-order valence-electron chi connectivity index (χ4n) is 0.532. The Morgan fingerprint density at radius 1 is 1.44 bits per heavy atom. The number of phenolic OH excluding ortho intramolecular Hbond substituents is 1. The van der Waals surface area contributed by atoms with Gasteiger partial charge in [0.1, 0.15) is 5.75 Å². The maximum atomic E-state index is 11.7. The molecule has 1 N–H and O–H groups in total. The number of benzene rings is 1. The molecule has 9 heavy (non-hydrogen) atoms. The van der Waals surface area contributed by atoms with E-state index in [1.54, 1.807) is 12.1 Å². The lowest BCUT2D eigenvalue weighted by atomic mass is 10.3. The maximum Gasteiger partial charge on any atom is 0.116 e. The number of halogens is 1. The average molecular weight is 144 g/mol. The minimum atomic E-state index is 0.0950. The van der Waals surface area contributed by atoms with Crippen molar-refractivity contribution in [2.24, 2.45) is 0 Å². The molecule has 0 radical (unpaired) electrons. The molecular weight excluding hydrogens is 139 g/mol. The van der Waals surface area contributed by atoms with Crippen molar-refractivity contribution in [3.63, 3.8) is 0 Å². The summed E-state index contributed by atoms with van der Waals surface area (Å²) in [5.74, 6) is 0.0950. The van der Waals surface area contributed by atoms with Crippen LogP contribution in [0, 0.1) is 0 Å². The van der Waals surface area contributed by atoms with Gasteiger partial charge >= 0.3 is 0 Å². The lowest BCUT2D eigenvalue weighted by Crippen LogP contribution is -1.65. The summed E-state index contributed by atoms with van der Waals surface area (Å²) in [7, 11) is 0. The molecule has 0 saturated carbocycles. The fourth-order valence-corrected chi connectivity index (χ4v) is 0.827. The second-order valence-electron chi connectivity index (χ2n) is 1.57. The van der Waals surface area contributed by atoms with Gasteiger partial charge < -0.3 is 5.11 Å². The Hall–Kier alpha value is -0.700. The van der Waals surface area contributed by atoms with Gasteiger partial charge in [-0.3, -0.25) is 0 Å². The first-order valence-corrected chi connectivity index (χ1v) is 3.12. The van der Waals surface area contributed by atoms with E-state index in [1.165, 1.54) is 12.1 Å². The highest BCUT2D eigenvalue weighted by Gasteiger charge is 1.91. The van der Waals surface area contributed by atoms with Crippen LogP contribution in [0.1, 0.15) is 0 Å². The summed E-state index contributed by atoms with van der Waals surface area (Å²) in [6.07, 6.45) is 0. The molecule has 0 amide bonds. The zero-order valence-corrected chi connectivity index (χ0v) is 5.36. The predicted octanol–water partition coefficient (Wildman–Crippen LogP) is 2.37. The summed E-state index contributed by atoms with van der Waals surface area (Å²) < 4.78 is 11.7. The van der Waals surface area contributed by atoms with E-state index in [1.807, 2.05) is 0 Å². The minimum absolute atomic E-state index is 0.0950. The molecule has 0 spiro atoms. The highest BCUT2D eigenvalue weighted by Crippen LogP contribution is 2.21. The third-order valence-corrected chi connectivity index (χ3v) is 1.34. The van der Waals surface area contributed by atoms with Crippen molar-refractivity contribution in [2.75, 3.05) is 0 Å². The molecular formula is C6H5FOS. The first-order valence-electron chi connectivity index (χ1n) is 2.40. The molecule has 1 nitrogen and oxygen atoms in total. The topological polar surface area (TPSA) is 20.2 Å². The summed E-state index contributed by atoms with van der Waals surface area (Å²) >= 11 is 0.123. The molecule has 1 aromatic carbocycles. The van der Waals surface area contributed by atoms with Crippen molar-refractivity contribution in [3.05, 3.63) is 24.3 Å². The molecule has 1 aromatic rings. The zero-order valence-electron chi connectivity index (χ0n) is 4.54. The van der Waals surface area contributed by atoms with Crippen molar-refractivity contribution in [1.82, 2.24) is 0 Å². The Morgan fingerprint density at radius 2 is 2.22 bits per heavy atom. The second kappa shape index (κ2) is 2.73. The van der Waals surface area contributed by atoms with Crippen molar-refractivity contribution < 1.29 is 8.99 Å². The van der Waals surface area contributed by atoms with Crippen LogP contribution in [0.25, 0.3) is 0 Å². The lowest BCUT2D eigenvalue weighted by molar-refractivity contribution is 0.473. The molecule has 0 unspecified atom stereocenters. The van der Waals surface area contributed by atoms with Crippen LogP contribution in [0.5, 0.6) is 5.75 Å². The Labute approximate surface area is 56.8 Å². The lowest BCUT2D eigenvalue weighted by Gasteiger charge is -1.91. The quantitative estimate of drug-likeness (QED) is 0.653. The highest BCUT2D eigenvalue weighted by atomic mass is 32.2.